The highest BCUT2D eigenvalue weighted by Gasteiger charge is 2.31. The van der Waals surface area contributed by atoms with Crippen molar-refractivity contribution >= 4 is 11.4 Å². The van der Waals surface area contributed by atoms with E-state index in [-0.39, 0.29) is 11.3 Å². The van der Waals surface area contributed by atoms with Gasteiger partial charge in [0.25, 0.3) is 0 Å². The molecule has 0 saturated heterocycles. The molecule has 0 radical (unpaired) electrons. The number of benzene rings is 1. The van der Waals surface area contributed by atoms with Gasteiger partial charge in [0.05, 0.1) is 11.3 Å². The van der Waals surface area contributed by atoms with E-state index in [1.807, 2.05) is 0 Å². The molecule has 0 aliphatic carbocycles. The van der Waals surface area contributed by atoms with Crippen molar-refractivity contribution in [2.75, 3.05) is 5.32 Å². The first-order chi connectivity index (χ1) is 11.4. The molecule has 3 nitrogen and oxygen atoms in total. The second kappa shape index (κ2) is 6.27. The molecular weight excluding hydrogens is 322 g/mol. The van der Waals surface area contributed by atoms with E-state index in [4.69, 9.17) is 0 Å². The van der Waals surface area contributed by atoms with Gasteiger partial charge in [-0.1, -0.05) is 0 Å². The Kier molecular flexibility index (Phi) is 4.16. The topological polar surface area (TPSA) is 37.8 Å². The van der Waals surface area contributed by atoms with Crippen molar-refractivity contribution in [3.8, 4) is 11.3 Å². The van der Waals surface area contributed by atoms with Gasteiger partial charge in [0.15, 0.2) is 0 Å². The molecule has 2 heterocycles. The molecule has 0 unspecified atom stereocenters. The second-order valence-corrected chi connectivity index (χ2v) is 4.98. The quantitative estimate of drug-likeness (QED) is 0.682. The normalized spacial score (nSPS) is 11.3. The van der Waals surface area contributed by atoms with E-state index in [1.165, 1.54) is 12.3 Å². The summed E-state index contributed by atoms with van der Waals surface area (Å²) in [5, 5.41) is 3.05. The van der Waals surface area contributed by atoms with Crippen LogP contribution in [0.5, 0.6) is 0 Å². The third-order valence-electron chi connectivity index (χ3n) is 3.30. The smallest absolute Gasteiger partial charge is 0.355 e. The summed E-state index contributed by atoms with van der Waals surface area (Å²) >= 11 is 0. The zero-order chi connectivity index (χ0) is 17.2. The molecule has 0 aliphatic heterocycles. The number of aromatic nitrogens is 2. The van der Waals surface area contributed by atoms with Crippen molar-refractivity contribution in [2.24, 2.45) is 0 Å². The minimum Gasteiger partial charge on any atom is -0.355 e. The molecule has 1 N–H and O–H groups in total. The first-order valence-corrected chi connectivity index (χ1v) is 6.94. The molecular formula is C17H11F4N3. The van der Waals surface area contributed by atoms with Crippen LogP contribution in [0.4, 0.5) is 28.9 Å². The molecule has 24 heavy (non-hydrogen) atoms. The number of anilines is 2. The summed E-state index contributed by atoms with van der Waals surface area (Å²) < 4.78 is 52.4. The van der Waals surface area contributed by atoms with Gasteiger partial charge in [-0.3, -0.25) is 9.97 Å². The third kappa shape index (κ3) is 3.51. The van der Waals surface area contributed by atoms with Crippen LogP contribution >= 0.6 is 0 Å². The molecule has 3 rings (SSSR count). The van der Waals surface area contributed by atoms with Crippen LogP contribution in [0.2, 0.25) is 0 Å². The van der Waals surface area contributed by atoms with Crippen LogP contribution in [0.1, 0.15) is 5.56 Å². The van der Waals surface area contributed by atoms with E-state index < -0.39 is 17.6 Å². The summed E-state index contributed by atoms with van der Waals surface area (Å²) in [6.45, 7) is 0. The van der Waals surface area contributed by atoms with E-state index in [2.05, 4.69) is 15.3 Å². The number of hydrogen-bond acceptors (Lipinski definition) is 3. The van der Waals surface area contributed by atoms with Crippen molar-refractivity contribution < 1.29 is 17.6 Å². The predicted octanol–water partition coefficient (Wildman–Crippen LogP) is 5.05. The lowest BCUT2D eigenvalue weighted by atomic mass is 10.1. The minimum atomic E-state index is -4.55. The van der Waals surface area contributed by atoms with Gasteiger partial charge in [0.2, 0.25) is 0 Å². The Morgan fingerprint density at radius 1 is 0.833 bits per heavy atom. The first kappa shape index (κ1) is 15.9. The summed E-state index contributed by atoms with van der Waals surface area (Å²) in [4.78, 5) is 7.86. The molecule has 0 aliphatic rings. The van der Waals surface area contributed by atoms with Crippen molar-refractivity contribution in [3.63, 3.8) is 0 Å². The maximum atomic E-state index is 14.0. The summed E-state index contributed by atoms with van der Waals surface area (Å²) in [6, 6.07) is 8.83. The molecule has 0 amide bonds. The Balaban J connectivity index is 1.97. The lowest BCUT2D eigenvalue weighted by Crippen LogP contribution is -2.05. The monoisotopic (exact) mass is 333 g/mol. The Bertz CT molecular complexity index is 848. The van der Waals surface area contributed by atoms with Gasteiger partial charge in [-0.05, 0) is 42.5 Å². The average molecular weight is 333 g/mol. The Labute approximate surface area is 135 Å². The standard InChI is InChI=1S/C17H11F4N3/c18-15-2-1-11(17(19,20)21)9-14(15)16-10-13(5-8-23-16)24-12-3-6-22-7-4-12/h1-10H,(H,22,23,24). The molecule has 0 bridgehead atoms. The Hall–Kier alpha value is -2.96. The first-order valence-electron chi connectivity index (χ1n) is 6.94. The highest BCUT2D eigenvalue weighted by atomic mass is 19.4. The maximum absolute atomic E-state index is 14.0. The predicted molar refractivity (Wildman–Crippen MR) is 82.2 cm³/mol. The van der Waals surface area contributed by atoms with E-state index in [9.17, 15) is 17.6 Å². The molecule has 3 aromatic rings. The highest BCUT2D eigenvalue weighted by Crippen LogP contribution is 2.33. The number of hydrogen-bond donors (Lipinski definition) is 1. The van der Waals surface area contributed by atoms with Crippen LogP contribution in [-0.4, -0.2) is 9.97 Å². The van der Waals surface area contributed by atoms with Gasteiger partial charge in [0, 0.05) is 35.5 Å². The zero-order valence-electron chi connectivity index (χ0n) is 12.2. The largest absolute Gasteiger partial charge is 0.416 e. The van der Waals surface area contributed by atoms with E-state index in [0.717, 1.165) is 17.8 Å². The van der Waals surface area contributed by atoms with Gasteiger partial charge >= 0.3 is 6.18 Å². The van der Waals surface area contributed by atoms with Crippen molar-refractivity contribution in [1.29, 1.82) is 0 Å². The fraction of sp³-hybridized carbons (Fsp3) is 0.0588. The molecule has 122 valence electrons. The van der Waals surface area contributed by atoms with Crippen LogP contribution in [0.25, 0.3) is 11.3 Å². The molecule has 0 fully saturated rings. The molecule has 2 aromatic heterocycles. The number of alkyl halides is 3. The fourth-order valence-electron chi connectivity index (χ4n) is 2.16. The van der Waals surface area contributed by atoms with Crippen LogP contribution in [0.15, 0.2) is 61.1 Å². The summed E-state index contributed by atoms with van der Waals surface area (Å²) in [7, 11) is 0. The average Bonchev–Trinajstić information content (AvgIpc) is 2.55. The molecule has 0 spiro atoms. The Morgan fingerprint density at radius 3 is 2.25 bits per heavy atom. The van der Waals surface area contributed by atoms with Crippen LogP contribution in [-0.2, 0) is 6.18 Å². The fourth-order valence-corrected chi connectivity index (χ4v) is 2.16. The summed E-state index contributed by atoms with van der Waals surface area (Å²) in [5.74, 6) is -0.767. The number of pyridine rings is 2. The number of halogens is 4. The minimum absolute atomic E-state index is 0.109. The van der Waals surface area contributed by atoms with E-state index in [0.29, 0.717) is 11.8 Å². The van der Waals surface area contributed by atoms with Gasteiger partial charge in [-0.15, -0.1) is 0 Å². The summed E-state index contributed by atoms with van der Waals surface area (Å²) in [6.07, 6.45) is 0.0434. The van der Waals surface area contributed by atoms with Crippen molar-refractivity contribution in [3.05, 3.63) is 72.4 Å². The van der Waals surface area contributed by atoms with Crippen molar-refractivity contribution in [1.82, 2.24) is 9.97 Å². The van der Waals surface area contributed by atoms with Gasteiger partial charge in [0.1, 0.15) is 5.82 Å². The zero-order valence-corrected chi connectivity index (χ0v) is 12.2. The summed E-state index contributed by atoms with van der Waals surface area (Å²) in [5.41, 5.74) is 0.295. The van der Waals surface area contributed by atoms with Crippen LogP contribution in [0.3, 0.4) is 0 Å². The van der Waals surface area contributed by atoms with Crippen LogP contribution in [0, 0.1) is 5.82 Å². The second-order valence-electron chi connectivity index (χ2n) is 4.98. The molecule has 0 saturated carbocycles. The van der Waals surface area contributed by atoms with Gasteiger partial charge in [-0.25, -0.2) is 4.39 Å². The van der Waals surface area contributed by atoms with Gasteiger partial charge in [-0.2, -0.15) is 13.2 Å². The third-order valence-corrected chi connectivity index (χ3v) is 3.30. The molecule has 1 aromatic carbocycles. The number of rotatable bonds is 3. The lowest BCUT2D eigenvalue weighted by Gasteiger charge is -2.11. The lowest BCUT2D eigenvalue weighted by molar-refractivity contribution is -0.137. The molecule has 0 atom stereocenters. The number of nitrogens with one attached hydrogen (secondary N) is 1. The van der Waals surface area contributed by atoms with Gasteiger partial charge < -0.3 is 5.32 Å². The van der Waals surface area contributed by atoms with Crippen molar-refractivity contribution in [2.45, 2.75) is 6.18 Å². The van der Waals surface area contributed by atoms with E-state index in [1.54, 1.807) is 30.6 Å². The number of nitrogens with zero attached hydrogens (tertiary/aromatic N) is 2. The van der Waals surface area contributed by atoms with Crippen LogP contribution < -0.4 is 5.32 Å². The molecule has 7 heteroatoms. The van der Waals surface area contributed by atoms with E-state index >= 15 is 0 Å². The maximum Gasteiger partial charge on any atom is 0.416 e. The Morgan fingerprint density at radius 2 is 1.54 bits per heavy atom. The SMILES string of the molecule is Fc1ccc(C(F)(F)F)cc1-c1cc(Nc2ccncc2)ccn1. The highest BCUT2D eigenvalue weighted by molar-refractivity contribution is 5.68.